The number of piperidine rings is 1. The maximum Gasteiger partial charge on any atom is 0.243 e. The van der Waals surface area contributed by atoms with Gasteiger partial charge in [-0.25, -0.2) is 8.42 Å². The average Bonchev–Trinajstić information content (AvgIpc) is 2.62. The van der Waals surface area contributed by atoms with E-state index >= 15 is 0 Å². The molecule has 3 rings (SSSR count). The first-order valence-corrected chi connectivity index (χ1v) is 11.8. The van der Waals surface area contributed by atoms with Gasteiger partial charge in [0, 0.05) is 22.3 Å². The SMILES string of the molecule is Cc1cc(C)c(S(=O)(=O)N2CCC[C@@H](C(=O)Nc3ccc(I)cc3)C2)c(C)c1. The monoisotopic (exact) mass is 512 g/mol. The van der Waals surface area contributed by atoms with Crippen LogP contribution < -0.4 is 5.32 Å². The van der Waals surface area contributed by atoms with Crippen molar-refractivity contribution in [3.63, 3.8) is 0 Å². The zero-order valence-corrected chi connectivity index (χ0v) is 19.3. The number of hydrogen-bond acceptors (Lipinski definition) is 3. The highest BCUT2D eigenvalue weighted by Gasteiger charge is 2.34. The van der Waals surface area contributed by atoms with Gasteiger partial charge in [-0.15, -0.1) is 0 Å². The van der Waals surface area contributed by atoms with E-state index < -0.39 is 10.0 Å². The van der Waals surface area contributed by atoms with Crippen LogP contribution in [0.4, 0.5) is 5.69 Å². The number of nitrogens with one attached hydrogen (secondary N) is 1. The smallest absolute Gasteiger partial charge is 0.243 e. The summed E-state index contributed by atoms with van der Waals surface area (Å²) in [7, 11) is -3.63. The molecule has 1 amide bonds. The lowest BCUT2D eigenvalue weighted by Crippen LogP contribution is -2.44. The Bertz CT molecular complexity index is 964. The van der Waals surface area contributed by atoms with Crippen molar-refractivity contribution >= 4 is 44.2 Å². The lowest BCUT2D eigenvalue weighted by molar-refractivity contribution is -0.120. The van der Waals surface area contributed by atoms with Crippen molar-refractivity contribution in [3.05, 3.63) is 56.7 Å². The van der Waals surface area contributed by atoms with Gasteiger partial charge in [-0.3, -0.25) is 4.79 Å². The van der Waals surface area contributed by atoms with E-state index in [2.05, 4.69) is 27.9 Å². The standard InChI is InChI=1S/C21H25IN2O3S/c1-14-11-15(2)20(16(3)12-14)28(26,27)24-10-4-5-17(13-24)21(25)23-19-8-6-18(22)7-9-19/h6-9,11-12,17H,4-5,10,13H2,1-3H3,(H,23,25)/t17-/m1/s1. The maximum absolute atomic E-state index is 13.3. The van der Waals surface area contributed by atoms with Crippen molar-refractivity contribution in [1.29, 1.82) is 0 Å². The number of anilines is 1. The summed E-state index contributed by atoms with van der Waals surface area (Å²) in [4.78, 5) is 13.1. The molecule has 150 valence electrons. The third-order valence-electron chi connectivity index (χ3n) is 5.07. The predicted molar refractivity (Wildman–Crippen MR) is 120 cm³/mol. The number of halogens is 1. The van der Waals surface area contributed by atoms with E-state index in [9.17, 15) is 13.2 Å². The van der Waals surface area contributed by atoms with Gasteiger partial charge in [0.1, 0.15) is 0 Å². The second-order valence-corrected chi connectivity index (χ2v) is 10.5. The summed E-state index contributed by atoms with van der Waals surface area (Å²) in [5.41, 5.74) is 3.28. The van der Waals surface area contributed by atoms with Gasteiger partial charge in [-0.05, 0) is 91.6 Å². The van der Waals surface area contributed by atoms with Crippen molar-refractivity contribution in [1.82, 2.24) is 4.31 Å². The fraction of sp³-hybridized carbons (Fsp3) is 0.381. The van der Waals surface area contributed by atoms with E-state index in [0.717, 1.165) is 25.9 Å². The molecule has 1 saturated heterocycles. The fourth-order valence-corrected chi connectivity index (χ4v) is 6.15. The van der Waals surface area contributed by atoms with Crippen LogP contribution in [0.3, 0.4) is 0 Å². The van der Waals surface area contributed by atoms with Gasteiger partial charge in [-0.1, -0.05) is 17.7 Å². The van der Waals surface area contributed by atoms with Crippen molar-refractivity contribution in [2.45, 2.75) is 38.5 Å². The summed E-state index contributed by atoms with van der Waals surface area (Å²) >= 11 is 2.21. The first-order chi connectivity index (χ1) is 13.2. The van der Waals surface area contributed by atoms with Gasteiger partial charge in [0.25, 0.3) is 0 Å². The third kappa shape index (κ3) is 4.58. The van der Waals surface area contributed by atoms with Crippen LogP contribution in [0.1, 0.15) is 29.5 Å². The molecule has 0 unspecified atom stereocenters. The number of nitrogens with zero attached hydrogens (tertiary/aromatic N) is 1. The van der Waals surface area contributed by atoms with Gasteiger partial charge in [-0.2, -0.15) is 4.31 Å². The number of carbonyl (C=O) groups is 1. The van der Waals surface area contributed by atoms with Gasteiger partial charge >= 0.3 is 0 Å². The molecule has 5 nitrogen and oxygen atoms in total. The van der Waals surface area contributed by atoms with Crippen LogP contribution in [0.15, 0.2) is 41.3 Å². The molecule has 0 bridgehead atoms. The quantitative estimate of drug-likeness (QED) is 0.623. The second-order valence-electron chi connectivity index (χ2n) is 7.43. The van der Waals surface area contributed by atoms with E-state index in [0.29, 0.717) is 24.3 Å². The van der Waals surface area contributed by atoms with Crippen molar-refractivity contribution in [2.24, 2.45) is 5.92 Å². The second kappa shape index (κ2) is 8.51. The van der Waals surface area contributed by atoms with Crippen LogP contribution in [-0.2, 0) is 14.8 Å². The normalized spacial score (nSPS) is 18.1. The summed E-state index contributed by atoms with van der Waals surface area (Å²) in [6, 6.07) is 11.4. The summed E-state index contributed by atoms with van der Waals surface area (Å²) in [5, 5.41) is 2.92. The lowest BCUT2D eigenvalue weighted by atomic mass is 9.99. The number of hydrogen-bond donors (Lipinski definition) is 1. The van der Waals surface area contributed by atoms with E-state index in [1.807, 2.05) is 57.2 Å². The molecule has 0 spiro atoms. The molecule has 0 aliphatic carbocycles. The van der Waals surface area contributed by atoms with E-state index in [-0.39, 0.29) is 18.4 Å². The first-order valence-electron chi connectivity index (χ1n) is 9.33. The number of carbonyl (C=O) groups excluding carboxylic acids is 1. The van der Waals surface area contributed by atoms with Crippen LogP contribution in [0.2, 0.25) is 0 Å². The van der Waals surface area contributed by atoms with Crippen LogP contribution >= 0.6 is 22.6 Å². The van der Waals surface area contributed by atoms with Crippen molar-refractivity contribution in [3.8, 4) is 0 Å². The summed E-state index contributed by atoms with van der Waals surface area (Å²) < 4.78 is 29.2. The largest absolute Gasteiger partial charge is 0.326 e. The van der Waals surface area contributed by atoms with Gasteiger partial charge < -0.3 is 5.32 Å². The van der Waals surface area contributed by atoms with Crippen LogP contribution in [0.5, 0.6) is 0 Å². The van der Waals surface area contributed by atoms with E-state index in [1.165, 1.54) is 4.31 Å². The molecular weight excluding hydrogens is 487 g/mol. The highest BCUT2D eigenvalue weighted by atomic mass is 127. The number of rotatable bonds is 4. The molecule has 0 aromatic heterocycles. The van der Waals surface area contributed by atoms with Gasteiger partial charge in [0.05, 0.1) is 10.8 Å². The number of aryl methyl sites for hydroxylation is 3. The number of sulfonamides is 1. The predicted octanol–water partition coefficient (Wildman–Crippen LogP) is 4.26. The molecule has 2 aromatic rings. The zero-order chi connectivity index (χ0) is 20.5. The third-order valence-corrected chi connectivity index (χ3v) is 7.96. The molecule has 0 radical (unpaired) electrons. The van der Waals surface area contributed by atoms with Crippen LogP contribution in [-0.4, -0.2) is 31.7 Å². The molecule has 1 heterocycles. The molecule has 2 aromatic carbocycles. The summed E-state index contributed by atoms with van der Waals surface area (Å²) in [6.45, 7) is 6.28. The Balaban J connectivity index is 1.79. The molecular formula is C21H25IN2O3S. The van der Waals surface area contributed by atoms with Crippen molar-refractivity contribution in [2.75, 3.05) is 18.4 Å². The molecule has 1 fully saturated rings. The summed E-state index contributed by atoms with van der Waals surface area (Å²) in [6.07, 6.45) is 1.36. The molecule has 7 heteroatoms. The van der Waals surface area contributed by atoms with E-state index in [1.54, 1.807) is 0 Å². The van der Waals surface area contributed by atoms with Gasteiger partial charge in [0.15, 0.2) is 0 Å². The highest BCUT2D eigenvalue weighted by Crippen LogP contribution is 2.29. The fourth-order valence-electron chi connectivity index (χ4n) is 3.86. The molecule has 0 saturated carbocycles. The maximum atomic E-state index is 13.3. The van der Waals surface area contributed by atoms with E-state index in [4.69, 9.17) is 0 Å². The van der Waals surface area contributed by atoms with Crippen molar-refractivity contribution < 1.29 is 13.2 Å². The topological polar surface area (TPSA) is 66.5 Å². The Morgan fingerprint density at radius 1 is 1.11 bits per heavy atom. The average molecular weight is 512 g/mol. The minimum Gasteiger partial charge on any atom is -0.326 e. The summed E-state index contributed by atoms with van der Waals surface area (Å²) in [5.74, 6) is -0.479. The van der Waals surface area contributed by atoms with Crippen LogP contribution in [0, 0.1) is 30.3 Å². The Morgan fingerprint density at radius 3 is 2.32 bits per heavy atom. The molecule has 1 atom stereocenters. The lowest BCUT2D eigenvalue weighted by Gasteiger charge is -2.32. The Kier molecular flexibility index (Phi) is 6.46. The zero-order valence-electron chi connectivity index (χ0n) is 16.3. The highest BCUT2D eigenvalue weighted by molar-refractivity contribution is 14.1. The molecule has 28 heavy (non-hydrogen) atoms. The Morgan fingerprint density at radius 2 is 1.71 bits per heavy atom. The first kappa shape index (κ1) is 21.3. The number of benzene rings is 2. The molecule has 1 N–H and O–H groups in total. The minimum absolute atomic E-state index is 0.126. The minimum atomic E-state index is -3.63. The Hall–Kier alpha value is -1.45. The van der Waals surface area contributed by atoms with Crippen LogP contribution in [0.25, 0.3) is 0 Å². The molecule has 1 aliphatic rings. The Labute approximate surface area is 180 Å². The number of amides is 1. The van der Waals surface area contributed by atoms with Gasteiger partial charge in [0.2, 0.25) is 15.9 Å². The molecule has 1 aliphatic heterocycles.